The highest BCUT2D eigenvalue weighted by Gasteiger charge is 2.12. The Hall–Kier alpha value is -3.44. The van der Waals surface area contributed by atoms with E-state index < -0.39 is 0 Å². The number of thiocarbonyl (C=S) groups is 1. The maximum absolute atomic E-state index is 5.46. The minimum absolute atomic E-state index is 0.595. The summed E-state index contributed by atoms with van der Waals surface area (Å²) < 4.78 is 1.92. The third kappa shape index (κ3) is 4.89. The second kappa shape index (κ2) is 9.17. The standard InChI is InChI=1S/C24H22N4S/c29-24(25-16-19-10-4-1-5-11-19)26-17-21-18-28(22-14-8-3-9-15-22)27-23(21)20-12-6-2-7-13-20/h1-15,18H,16-17H2,(H2,25,26,29). The first kappa shape index (κ1) is 18.9. The molecule has 0 saturated carbocycles. The molecule has 5 heteroatoms. The van der Waals surface area contributed by atoms with Crippen molar-refractivity contribution in [1.82, 2.24) is 20.4 Å². The molecule has 0 bridgehead atoms. The van der Waals surface area contributed by atoms with Crippen molar-refractivity contribution >= 4 is 17.3 Å². The fraction of sp³-hybridized carbons (Fsp3) is 0.0833. The number of nitrogens with zero attached hydrogens (tertiary/aromatic N) is 2. The van der Waals surface area contributed by atoms with Crippen LogP contribution < -0.4 is 10.6 Å². The van der Waals surface area contributed by atoms with Gasteiger partial charge in [0.1, 0.15) is 0 Å². The van der Waals surface area contributed by atoms with Crippen LogP contribution in [0.5, 0.6) is 0 Å². The highest BCUT2D eigenvalue weighted by atomic mass is 32.1. The summed E-state index contributed by atoms with van der Waals surface area (Å²) in [6.07, 6.45) is 2.06. The normalized spacial score (nSPS) is 10.5. The number of para-hydroxylation sites is 1. The summed E-state index contributed by atoms with van der Waals surface area (Å²) in [5.41, 5.74) is 5.35. The van der Waals surface area contributed by atoms with Crippen LogP contribution in [0.4, 0.5) is 0 Å². The lowest BCUT2D eigenvalue weighted by atomic mass is 10.1. The molecular weight excluding hydrogens is 376 g/mol. The Balaban J connectivity index is 1.49. The van der Waals surface area contributed by atoms with Crippen LogP contribution >= 0.6 is 12.2 Å². The molecule has 144 valence electrons. The molecule has 0 radical (unpaired) electrons. The Bertz CT molecular complexity index is 1060. The Kier molecular flexibility index (Phi) is 5.98. The van der Waals surface area contributed by atoms with Crippen molar-refractivity contribution in [3.8, 4) is 16.9 Å². The van der Waals surface area contributed by atoms with Crippen LogP contribution in [0.25, 0.3) is 16.9 Å². The van der Waals surface area contributed by atoms with Gasteiger partial charge in [-0.3, -0.25) is 0 Å². The van der Waals surface area contributed by atoms with E-state index in [9.17, 15) is 0 Å². The smallest absolute Gasteiger partial charge is 0.166 e. The lowest BCUT2D eigenvalue weighted by Gasteiger charge is -2.10. The molecule has 0 amide bonds. The third-order valence-electron chi connectivity index (χ3n) is 4.59. The van der Waals surface area contributed by atoms with Crippen LogP contribution in [0.3, 0.4) is 0 Å². The number of hydrogen-bond donors (Lipinski definition) is 2. The van der Waals surface area contributed by atoms with Gasteiger partial charge in [-0.15, -0.1) is 0 Å². The first-order chi connectivity index (χ1) is 14.3. The van der Waals surface area contributed by atoms with Crippen LogP contribution in [-0.2, 0) is 13.1 Å². The molecule has 0 aliphatic carbocycles. The van der Waals surface area contributed by atoms with Gasteiger partial charge in [0, 0.05) is 30.4 Å². The Labute approximate surface area is 176 Å². The zero-order valence-corrected chi connectivity index (χ0v) is 16.8. The van der Waals surface area contributed by atoms with E-state index in [1.807, 2.05) is 71.4 Å². The number of aromatic nitrogens is 2. The zero-order chi connectivity index (χ0) is 19.9. The maximum Gasteiger partial charge on any atom is 0.166 e. The summed E-state index contributed by atoms with van der Waals surface area (Å²) in [7, 11) is 0. The van der Waals surface area contributed by atoms with Gasteiger partial charge in [-0.25, -0.2) is 4.68 Å². The van der Waals surface area contributed by atoms with Gasteiger partial charge in [0.25, 0.3) is 0 Å². The first-order valence-electron chi connectivity index (χ1n) is 9.54. The summed E-state index contributed by atoms with van der Waals surface area (Å²) in [4.78, 5) is 0. The van der Waals surface area contributed by atoms with Crippen LogP contribution in [0.2, 0.25) is 0 Å². The summed E-state index contributed by atoms with van der Waals surface area (Å²) in [6, 6.07) is 30.6. The molecule has 2 N–H and O–H groups in total. The van der Waals surface area contributed by atoms with Crippen molar-refractivity contribution in [1.29, 1.82) is 0 Å². The molecule has 29 heavy (non-hydrogen) atoms. The predicted molar refractivity (Wildman–Crippen MR) is 122 cm³/mol. The number of rotatable bonds is 6. The van der Waals surface area contributed by atoms with Crippen molar-refractivity contribution in [3.05, 3.63) is 108 Å². The monoisotopic (exact) mass is 398 g/mol. The molecule has 0 spiro atoms. The van der Waals surface area contributed by atoms with Crippen molar-refractivity contribution in [2.75, 3.05) is 0 Å². The number of benzene rings is 3. The van der Waals surface area contributed by atoms with Gasteiger partial charge in [0.05, 0.1) is 11.4 Å². The van der Waals surface area contributed by atoms with Crippen LogP contribution in [-0.4, -0.2) is 14.9 Å². The molecule has 0 unspecified atom stereocenters. The van der Waals surface area contributed by atoms with E-state index in [-0.39, 0.29) is 0 Å². The molecule has 4 nitrogen and oxygen atoms in total. The van der Waals surface area contributed by atoms with E-state index in [1.54, 1.807) is 0 Å². The highest BCUT2D eigenvalue weighted by Crippen LogP contribution is 2.23. The molecule has 0 atom stereocenters. The van der Waals surface area contributed by atoms with Crippen molar-refractivity contribution in [3.63, 3.8) is 0 Å². The highest BCUT2D eigenvalue weighted by molar-refractivity contribution is 7.80. The fourth-order valence-corrected chi connectivity index (χ4v) is 3.25. The second-order valence-electron chi connectivity index (χ2n) is 6.67. The average Bonchev–Trinajstić information content (AvgIpc) is 3.22. The molecule has 4 aromatic rings. The lowest BCUT2D eigenvalue weighted by molar-refractivity contribution is 0.832. The Morgan fingerprint density at radius 1 is 0.759 bits per heavy atom. The van der Waals surface area contributed by atoms with Gasteiger partial charge in [-0.1, -0.05) is 78.9 Å². The van der Waals surface area contributed by atoms with E-state index in [2.05, 4.69) is 41.1 Å². The second-order valence-corrected chi connectivity index (χ2v) is 7.08. The summed E-state index contributed by atoms with van der Waals surface area (Å²) in [6.45, 7) is 1.29. The molecule has 1 heterocycles. The molecule has 0 aliphatic rings. The molecule has 4 rings (SSSR count). The first-order valence-corrected chi connectivity index (χ1v) is 9.95. The molecule has 0 saturated heterocycles. The van der Waals surface area contributed by atoms with Gasteiger partial charge < -0.3 is 10.6 Å². The van der Waals surface area contributed by atoms with Crippen molar-refractivity contribution < 1.29 is 0 Å². The van der Waals surface area contributed by atoms with Crippen molar-refractivity contribution in [2.24, 2.45) is 0 Å². The summed E-state index contributed by atoms with van der Waals surface area (Å²) >= 11 is 5.46. The fourth-order valence-electron chi connectivity index (χ4n) is 3.11. The molecule has 0 fully saturated rings. The molecule has 1 aromatic heterocycles. The maximum atomic E-state index is 5.46. The van der Waals surface area contributed by atoms with Gasteiger partial charge in [-0.05, 0) is 29.9 Å². The quantitative estimate of drug-likeness (QED) is 0.462. The minimum atomic E-state index is 0.595. The number of nitrogens with one attached hydrogen (secondary N) is 2. The van der Waals surface area contributed by atoms with Gasteiger partial charge >= 0.3 is 0 Å². The average molecular weight is 399 g/mol. The lowest BCUT2D eigenvalue weighted by Crippen LogP contribution is -2.34. The van der Waals surface area contributed by atoms with E-state index in [0.717, 1.165) is 22.5 Å². The van der Waals surface area contributed by atoms with Crippen LogP contribution in [0, 0.1) is 0 Å². The third-order valence-corrected chi connectivity index (χ3v) is 4.88. The Morgan fingerprint density at radius 3 is 2.03 bits per heavy atom. The van der Waals surface area contributed by atoms with E-state index >= 15 is 0 Å². The summed E-state index contributed by atoms with van der Waals surface area (Å²) in [5.74, 6) is 0. The van der Waals surface area contributed by atoms with E-state index in [4.69, 9.17) is 17.3 Å². The van der Waals surface area contributed by atoms with Crippen LogP contribution in [0.15, 0.2) is 97.2 Å². The van der Waals surface area contributed by atoms with Gasteiger partial charge in [-0.2, -0.15) is 5.10 Å². The predicted octanol–water partition coefficient (Wildman–Crippen LogP) is 4.70. The SMILES string of the molecule is S=C(NCc1ccccc1)NCc1cn(-c2ccccc2)nc1-c1ccccc1. The summed E-state index contributed by atoms with van der Waals surface area (Å²) in [5, 5.41) is 12.0. The van der Waals surface area contributed by atoms with Gasteiger partial charge in [0.2, 0.25) is 0 Å². The van der Waals surface area contributed by atoms with Crippen LogP contribution in [0.1, 0.15) is 11.1 Å². The van der Waals surface area contributed by atoms with E-state index in [1.165, 1.54) is 5.56 Å². The number of hydrogen-bond acceptors (Lipinski definition) is 2. The Morgan fingerprint density at radius 2 is 1.34 bits per heavy atom. The molecule has 3 aromatic carbocycles. The van der Waals surface area contributed by atoms with Gasteiger partial charge in [0.15, 0.2) is 5.11 Å². The topological polar surface area (TPSA) is 41.9 Å². The minimum Gasteiger partial charge on any atom is -0.359 e. The van der Waals surface area contributed by atoms with E-state index in [0.29, 0.717) is 18.2 Å². The molecule has 0 aliphatic heterocycles. The zero-order valence-electron chi connectivity index (χ0n) is 16.0. The largest absolute Gasteiger partial charge is 0.359 e. The molecular formula is C24H22N4S. The van der Waals surface area contributed by atoms with Crippen molar-refractivity contribution in [2.45, 2.75) is 13.1 Å².